The van der Waals surface area contributed by atoms with Crippen LogP contribution in [0.25, 0.3) is 0 Å². The molecule has 5 rings (SSSR count). The van der Waals surface area contributed by atoms with Crippen LogP contribution in [0.4, 0.5) is 10.7 Å². The molecule has 0 aliphatic heterocycles. The van der Waals surface area contributed by atoms with Crippen LogP contribution in [0, 0.1) is 11.3 Å². The number of hydrogen-bond acceptors (Lipinski definition) is 6. The van der Waals surface area contributed by atoms with Crippen molar-refractivity contribution in [2.75, 3.05) is 11.1 Å². The van der Waals surface area contributed by atoms with Crippen LogP contribution in [0.3, 0.4) is 0 Å². The molecule has 1 aliphatic rings. The van der Waals surface area contributed by atoms with Gasteiger partial charge in [0.2, 0.25) is 5.91 Å². The van der Waals surface area contributed by atoms with Crippen molar-refractivity contribution < 1.29 is 4.79 Å². The molecule has 0 spiro atoms. The SMILES string of the molecule is N#Cc1c(NC(=O)CSc2cccc(N=Cc3cccnc3Cl)c2)sc2c1CCC(c1ccccc1)C2. The third kappa shape index (κ3) is 6.11. The zero-order valence-corrected chi connectivity index (χ0v) is 22.2. The van der Waals surface area contributed by atoms with Crippen molar-refractivity contribution in [3.8, 4) is 6.07 Å². The number of benzene rings is 2. The first-order valence-electron chi connectivity index (χ1n) is 11.9. The van der Waals surface area contributed by atoms with Crippen LogP contribution in [0.15, 0.2) is 82.8 Å². The molecule has 4 aromatic rings. The molecule has 0 fully saturated rings. The number of pyridine rings is 1. The summed E-state index contributed by atoms with van der Waals surface area (Å²) in [6.07, 6.45) is 6.08. The van der Waals surface area contributed by atoms with Crippen LogP contribution < -0.4 is 5.32 Å². The van der Waals surface area contributed by atoms with Gasteiger partial charge in [-0.25, -0.2) is 4.98 Å². The molecular formula is C29H23ClN4OS2. The summed E-state index contributed by atoms with van der Waals surface area (Å²) >= 11 is 9.07. The summed E-state index contributed by atoms with van der Waals surface area (Å²) in [6.45, 7) is 0. The number of carbonyl (C=O) groups excluding carboxylic acids is 1. The molecule has 0 saturated heterocycles. The Morgan fingerprint density at radius 2 is 2.08 bits per heavy atom. The number of hydrogen-bond donors (Lipinski definition) is 1. The first-order valence-corrected chi connectivity index (χ1v) is 14.1. The van der Waals surface area contributed by atoms with E-state index in [1.54, 1.807) is 23.7 Å². The van der Waals surface area contributed by atoms with Crippen molar-refractivity contribution in [2.24, 2.45) is 4.99 Å². The molecule has 2 aromatic carbocycles. The quantitative estimate of drug-likeness (QED) is 0.150. The minimum absolute atomic E-state index is 0.129. The van der Waals surface area contributed by atoms with Crippen molar-refractivity contribution in [1.82, 2.24) is 4.98 Å². The molecule has 1 aliphatic carbocycles. The smallest absolute Gasteiger partial charge is 0.235 e. The first-order chi connectivity index (χ1) is 18.1. The minimum atomic E-state index is -0.129. The van der Waals surface area contributed by atoms with Crippen molar-refractivity contribution in [1.29, 1.82) is 5.26 Å². The van der Waals surface area contributed by atoms with Crippen molar-refractivity contribution >= 4 is 57.5 Å². The van der Waals surface area contributed by atoms with E-state index < -0.39 is 0 Å². The largest absolute Gasteiger partial charge is 0.316 e. The monoisotopic (exact) mass is 542 g/mol. The number of fused-ring (bicyclic) bond motifs is 1. The van der Waals surface area contributed by atoms with E-state index in [1.807, 2.05) is 42.5 Å². The van der Waals surface area contributed by atoms with Gasteiger partial charge in [-0.2, -0.15) is 5.26 Å². The standard InChI is InChI=1S/C29H23ClN4OS2/c30-28-21(8-5-13-32-28)17-33-22-9-4-10-23(15-22)36-18-27(35)34-29-25(16-31)24-12-11-20(14-26(24)37-29)19-6-2-1-3-7-19/h1-10,13,15,17,20H,11-12,14,18H2,(H,34,35). The van der Waals surface area contributed by atoms with Gasteiger partial charge in [-0.3, -0.25) is 9.79 Å². The molecule has 0 radical (unpaired) electrons. The number of halogens is 1. The third-order valence-corrected chi connectivity index (χ3v) is 8.71. The molecule has 8 heteroatoms. The molecule has 2 heterocycles. The predicted octanol–water partition coefficient (Wildman–Crippen LogP) is 7.42. The number of rotatable bonds is 7. The Bertz CT molecular complexity index is 1490. The maximum absolute atomic E-state index is 12.8. The maximum atomic E-state index is 12.8. The molecule has 1 unspecified atom stereocenters. The Morgan fingerprint density at radius 3 is 2.89 bits per heavy atom. The highest BCUT2D eigenvalue weighted by molar-refractivity contribution is 8.00. The van der Waals surface area contributed by atoms with Crippen molar-refractivity contribution in [3.63, 3.8) is 0 Å². The normalized spacial score (nSPS) is 14.8. The number of carbonyl (C=O) groups is 1. The summed E-state index contributed by atoms with van der Waals surface area (Å²) in [5, 5.41) is 13.9. The number of nitrogens with zero attached hydrogens (tertiary/aromatic N) is 3. The number of nitriles is 1. The summed E-state index contributed by atoms with van der Waals surface area (Å²) < 4.78 is 0. The van der Waals surface area contributed by atoms with Gasteiger partial charge in [0.1, 0.15) is 16.2 Å². The number of aliphatic imine (C=N–C) groups is 1. The number of anilines is 1. The Kier molecular flexibility index (Phi) is 8.00. The first kappa shape index (κ1) is 25.2. The van der Waals surface area contributed by atoms with Crippen LogP contribution in [0.5, 0.6) is 0 Å². The van der Waals surface area contributed by atoms with E-state index in [-0.39, 0.29) is 11.7 Å². The van der Waals surface area contributed by atoms with Crippen LogP contribution in [-0.2, 0) is 17.6 Å². The minimum Gasteiger partial charge on any atom is -0.316 e. The Balaban J connectivity index is 1.22. The van der Waals surface area contributed by atoms with Gasteiger partial charge in [0.25, 0.3) is 0 Å². The van der Waals surface area contributed by atoms with Gasteiger partial charge in [-0.1, -0.05) is 48.0 Å². The third-order valence-electron chi connectivity index (χ3n) is 6.23. The number of thioether (sulfide) groups is 1. The average molecular weight is 543 g/mol. The fourth-order valence-electron chi connectivity index (χ4n) is 4.41. The Labute approximate surface area is 229 Å². The van der Waals surface area contributed by atoms with Crippen LogP contribution in [0.1, 0.15) is 39.5 Å². The summed E-state index contributed by atoms with van der Waals surface area (Å²) in [5.41, 5.74) is 4.55. The van der Waals surface area contributed by atoms with Gasteiger partial charge in [0, 0.05) is 27.7 Å². The van der Waals surface area contributed by atoms with Crippen LogP contribution >= 0.6 is 34.7 Å². The zero-order valence-electron chi connectivity index (χ0n) is 19.9. The van der Waals surface area contributed by atoms with E-state index in [0.717, 1.165) is 41.0 Å². The Morgan fingerprint density at radius 1 is 1.22 bits per heavy atom. The van der Waals surface area contributed by atoms with Gasteiger partial charge < -0.3 is 5.32 Å². The lowest BCUT2D eigenvalue weighted by Crippen LogP contribution is -2.14. The Hall–Kier alpha value is -3.44. The number of aromatic nitrogens is 1. The van der Waals surface area contributed by atoms with E-state index in [0.29, 0.717) is 21.6 Å². The fourth-order valence-corrected chi connectivity index (χ4v) is 6.62. The number of amides is 1. The summed E-state index contributed by atoms with van der Waals surface area (Å²) in [7, 11) is 0. The van der Waals surface area contributed by atoms with E-state index in [9.17, 15) is 10.1 Å². The van der Waals surface area contributed by atoms with Gasteiger partial charge in [-0.15, -0.1) is 23.1 Å². The molecule has 1 amide bonds. The second-order valence-corrected chi connectivity index (χ2v) is 11.2. The fraction of sp³-hybridized carbons (Fsp3) is 0.172. The summed E-state index contributed by atoms with van der Waals surface area (Å²) in [4.78, 5) is 23.5. The lowest BCUT2D eigenvalue weighted by Gasteiger charge is -2.22. The summed E-state index contributed by atoms with van der Waals surface area (Å²) in [5.74, 6) is 0.555. The number of thiophene rings is 1. The van der Waals surface area contributed by atoms with Crippen molar-refractivity contribution in [2.45, 2.75) is 30.1 Å². The van der Waals surface area contributed by atoms with Gasteiger partial charge >= 0.3 is 0 Å². The van der Waals surface area contributed by atoms with E-state index >= 15 is 0 Å². The van der Waals surface area contributed by atoms with Crippen LogP contribution in [-0.4, -0.2) is 22.9 Å². The highest BCUT2D eigenvalue weighted by Gasteiger charge is 2.27. The molecule has 1 atom stereocenters. The van der Waals surface area contributed by atoms with E-state index in [1.165, 1.54) is 22.2 Å². The molecule has 184 valence electrons. The van der Waals surface area contributed by atoms with E-state index in [4.69, 9.17) is 11.6 Å². The molecular weight excluding hydrogens is 520 g/mol. The highest BCUT2D eigenvalue weighted by atomic mass is 35.5. The van der Waals surface area contributed by atoms with E-state index in [2.05, 4.69) is 45.6 Å². The molecule has 37 heavy (non-hydrogen) atoms. The average Bonchev–Trinajstić information content (AvgIpc) is 3.28. The van der Waals surface area contributed by atoms with Crippen LogP contribution in [0.2, 0.25) is 5.15 Å². The van der Waals surface area contributed by atoms with Gasteiger partial charge in [-0.05, 0) is 66.6 Å². The lowest BCUT2D eigenvalue weighted by molar-refractivity contribution is -0.113. The topological polar surface area (TPSA) is 78.1 Å². The second-order valence-electron chi connectivity index (χ2n) is 8.65. The zero-order chi connectivity index (χ0) is 25.6. The summed E-state index contributed by atoms with van der Waals surface area (Å²) in [6, 6.07) is 24.2. The lowest BCUT2D eigenvalue weighted by atomic mass is 9.83. The molecule has 0 bridgehead atoms. The molecule has 1 N–H and O–H groups in total. The molecule has 5 nitrogen and oxygen atoms in total. The highest BCUT2D eigenvalue weighted by Crippen LogP contribution is 2.42. The van der Waals surface area contributed by atoms with Crippen molar-refractivity contribution in [3.05, 3.63) is 105 Å². The molecule has 0 saturated carbocycles. The van der Waals surface area contributed by atoms with Gasteiger partial charge in [0.15, 0.2) is 0 Å². The second kappa shape index (κ2) is 11.7. The maximum Gasteiger partial charge on any atom is 0.235 e. The predicted molar refractivity (Wildman–Crippen MR) is 153 cm³/mol. The number of nitrogens with one attached hydrogen (secondary N) is 1. The van der Waals surface area contributed by atoms with Gasteiger partial charge in [0.05, 0.1) is 17.0 Å². The molecule has 2 aromatic heterocycles.